The van der Waals surface area contributed by atoms with Gasteiger partial charge in [-0.25, -0.2) is 14.8 Å². The van der Waals surface area contributed by atoms with Crippen molar-refractivity contribution in [1.82, 2.24) is 19.7 Å². The number of anilines is 1. The number of ether oxygens (including phenoxy) is 1. The summed E-state index contributed by atoms with van der Waals surface area (Å²) in [5.41, 5.74) is 7.04. The molecule has 0 aliphatic rings. The van der Waals surface area contributed by atoms with Gasteiger partial charge in [0, 0.05) is 13.5 Å². The zero-order valence-corrected chi connectivity index (χ0v) is 12.6. The summed E-state index contributed by atoms with van der Waals surface area (Å²) in [7, 11) is 1.61. The molecular weight excluding hydrogens is 298 g/mol. The van der Waals surface area contributed by atoms with E-state index in [1.807, 2.05) is 30.3 Å². The Balaban J connectivity index is 1.76. The molecule has 0 aliphatic heterocycles. The number of H-pyrrole nitrogens is 1. The Bertz CT molecular complexity index is 843. The number of hydrogen-bond donors (Lipinski definition) is 2. The number of nitrogens with two attached hydrogens (primary N) is 1. The van der Waals surface area contributed by atoms with Gasteiger partial charge in [0.25, 0.3) is 0 Å². The number of rotatable bonds is 6. The summed E-state index contributed by atoms with van der Waals surface area (Å²) in [6.45, 7) is 0.197. The molecule has 23 heavy (non-hydrogen) atoms. The lowest BCUT2D eigenvalue weighted by Gasteiger charge is -2.16. The number of aromatic amines is 1. The Hall–Kier alpha value is -2.87. The maximum absolute atomic E-state index is 12.0. The summed E-state index contributed by atoms with van der Waals surface area (Å²) in [6.07, 6.45) is 1.75. The van der Waals surface area contributed by atoms with E-state index in [9.17, 15) is 4.79 Å². The molecule has 3 N–H and O–H groups in total. The van der Waals surface area contributed by atoms with E-state index in [4.69, 9.17) is 15.3 Å². The third-order valence-electron chi connectivity index (χ3n) is 3.49. The van der Waals surface area contributed by atoms with Gasteiger partial charge in [0.05, 0.1) is 6.10 Å². The molecule has 8 heteroatoms. The van der Waals surface area contributed by atoms with Crippen LogP contribution in [0.4, 0.5) is 5.82 Å². The summed E-state index contributed by atoms with van der Waals surface area (Å²) in [5, 5.41) is 0. The third kappa shape index (κ3) is 3.16. The highest BCUT2D eigenvalue weighted by Crippen LogP contribution is 2.11. The molecular formula is C15H17N5O3. The molecule has 1 aromatic carbocycles. The first kappa shape index (κ1) is 15.0. The van der Waals surface area contributed by atoms with E-state index in [2.05, 4.69) is 15.0 Å². The number of imidazole rings is 1. The van der Waals surface area contributed by atoms with Crippen LogP contribution < -0.4 is 16.3 Å². The monoisotopic (exact) mass is 315 g/mol. The molecule has 120 valence electrons. The lowest BCUT2D eigenvalue weighted by atomic mass is 10.1. The number of hydrogen-bond acceptors (Lipinski definition) is 6. The first-order valence-electron chi connectivity index (χ1n) is 7.10. The van der Waals surface area contributed by atoms with Crippen molar-refractivity contribution in [1.29, 1.82) is 0 Å². The molecule has 3 aromatic rings. The Labute approximate surface area is 131 Å². The topological polar surface area (TPSA) is 108 Å². The number of aromatic nitrogens is 4. The van der Waals surface area contributed by atoms with Crippen molar-refractivity contribution in [2.45, 2.75) is 12.5 Å². The van der Waals surface area contributed by atoms with E-state index >= 15 is 0 Å². The molecule has 0 radical (unpaired) electrons. The average Bonchev–Trinajstić information content (AvgIpc) is 2.89. The van der Waals surface area contributed by atoms with Crippen LogP contribution in [-0.4, -0.2) is 39.5 Å². The van der Waals surface area contributed by atoms with Gasteiger partial charge < -0.3 is 15.3 Å². The lowest BCUT2D eigenvalue weighted by molar-refractivity contribution is 0.00220. The zero-order valence-electron chi connectivity index (χ0n) is 12.6. The number of fused-ring (bicyclic) bond motifs is 1. The van der Waals surface area contributed by atoms with Gasteiger partial charge in [-0.15, -0.1) is 4.73 Å². The van der Waals surface area contributed by atoms with Crippen LogP contribution >= 0.6 is 0 Å². The van der Waals surface area contributed by atoms with Crippen molar-refractivity contribution in [2.24, 2.45) is 0 Å². The van der Waals surface area contributed by atoms with Crippen LogP contribution in [0.2, 0.25) is 0 Å². The molecule has 0 amide bonds. The Morgan fingerprint density at radius 2 is 2.09 bits per heavy atom. The van der Waals surface area contributed by atoms with Crippen LogP contribution in [0.25, 0.3) is 11.2 Å². The second-order valence-corrected chi connectivity index (χ2v) is 5.03. The molecule has 0 saturated heterocycles. The van der Waals surface area contributed by atoms with Crippen molar-refractivity contribution in [3.05, 3.63) is 52.7 Å². The highest BCUT2D eigenvalue weighted by molar-refractivity contribution is 5.80. The Morgan fingerprint density at radius 3 is 2.83 bits per heavy atom. The highest BCUT2D eigenvalue weighted by Gasteiger charge is 2.15. The van der Waals surface area contributed by atoms with E-state index in [0.29, 0.717) is 17.6 Å². The maximum Gasteiger partial charge on any atom is 0.361 e. The van der Waals surface area contributed by atoms with E-state index in [-0.39, 0.29) is 18.5 Å². The van der Waals surface area contributed by atoms with Crippen molar-refractivity contribution >= 4 is 17.0 Å². The summed E-state index contributed by atoms with van der Waals surface area (Å²) >= 11 is 0. The molecule has 0 saturated carbocycles. The van der Waals surface area contributed by atoms with Gasteiger partial charge in [0.15, 0.2) is 5.82 Å². The largest absolute Gasteiger partial charge is 0.405 e. The van der Waals surface area contributed by atoms with Gasteiger partial charge in [-0.1, -0.05) is 30.3 Å². The first-order valence-corrected chi connectivity index (χ1v) is 7.10. The van der Waals surface area contributed by atoms with Crippen LogP contribution in [0.1, 0.15) is 5.56 Å². The average molecular weight is 315 g/mol. The first-order chi connectivity index (χ1) is 11.2. The molecule has 2 heterocycles. The van der Waals surface area contributed by atoms with Crippen LogP contribution in [0.15, 0.2) is 41.5 Å². The molecule has 8 nitrogen and oxygen atoms in total. The third-order valence-corrected chi connectivity index (χ3v) is 3.49. The molecule has 3 rings (SSSR count). The van der Waals surface area contributed by atoms with Gasteiger partial charge in [0.2, 0.25) is 5.65 Å². The van der Waals surface area contributed by atoms with Crippen molar-refractivity contribution in [3.63, 3.8) is 0 Å². The van der Waals surface area contributed by atoms with Crippen LogP contribution in [0.3, 0.4) is 0 Å². The molecule has 1 unspecified atom stereocenters. The van der Waals surface area contributed by atoms with Crippen LogP contribution in [0, 0.1) is 0 Å². The van der Waals surface area contributed by atoms with Crippen LogP contribution in [0.5, 0.6) is 0 Å². The zero-order chi connectivity index (χ0) is 16.2. The normalized spacial score (nSPS) is 12.4. The van der Waals surface area contributed by atoms with Crippen molar-refractivity contribution < 1.29 is 9.57 Å². The van der Waals surface area contributed by atoms with E-state index < -0.39 is 5.69 Å². The fourth-order valence-corrected chi connectivity index (χ4v) is 2.28. The minimum atomic E-state index is -0.457. The van der Waals surface area contributed by atoms with Crippen LogP contribution in [-0.2, 0) is 11.2 Å². The molecule has 1 atom stereocenters. The molecule has 2 aromatic heterocycles. The summed E-state index contributed by atoms with van der Waals surface area (Å²) in [4.78, 5) is 28.0. The second kappa shape index (κ2) is 6.49. The minimum absolute atomic E-state index is 0.196. The highest BCUT2D eigenvalue weighted by atomic mass is 16.7. The van der Waals surface area contributed by atoms with Gasteiger partial charge in [0.1, 0.15) is 18.5 Å². The molecule has 0 aliphatic carbocycles. The number of nitrogens with zero attached hydrogens (tertiary/aromatic N) is 3. The molecule has 0 spiro atoms. The van der Waals surface area contributed by atoms with Crippen molar-refractivity contribution in [3.8, 4) is 0 Å². The molecule has 0 fully saturated rings. The Kier molecular flexibility index (Phi) is 4.24. The van der Waals surface area contributed by atoms with Gasteiger partial charge in [-0.05, 0) is 5.56 Å². The summed E-state index contributed by atoms with van der Waals surface area (Å²) in [6, 6.07) is 9.91. The predicted molar refractivity (Wildman–Crippen MR) is 85.0 cm³/mol. The van der Waals surface area contributed by atoms with Gasteiger partial charge in [-0.3, -0.25) is 4.98 Å². The summed E-state index contributed by atoms with van der Waals surface area (Å²) in [5.74, 6) is 0.196. The lowest BCUT2D eigenvalue weighted by Crippen LogP contribution is -2.32. The fourth-order valence-electron chi connectivity index (χ4n) is 2.28. The second-order valence-electron chi connectivity index (χ2n) is 5.03. The standard InChI is InChI=1S/C15H17N5O3/c1-22-11(7-10-5-3-2-4-6-10)8-23-20-14-12(19-15(20)21)13(16)17-9-18-14/h2-6,9,11H,7-8H2,1H3,(H,19,21)(H2,16,17,18). The molecule has 0 bridgehead atoms. The smallest absolute Gasteiger partial charge is 0.361 e. The Morgan fingerprint density at radius 1 is 1.30 bits per heavy atom. The fraction of sp³-hybridized carbons (Fsp3) is 0.267. The minimum Gasteiger partial charge on any atom is -0.405 e. The maximum atomic E-state index is 12.0. The quantitative estimate of drug-likeness (QED) is 0.681. The van der Waals surface area contributed by atoms with Gasteiger partial charge >= 0.3 is 5.69 Å². The van der Waals surface area contributed by atoms with E-state index in [1.54, 1.807) is 7.11 Å². The number of methoxy groups -OCH3 is 1. The van der Waals surface area contributed by atoms with E-state index in [0.717, 1.165) is 10.3 Å². The van der Waals surface area contributed by atoms with Gasteiger partial charge in [-0.2, -0.15) is 0 Å². The SMILES string of the molecule is COC(COn1c(=O)[nH]c2c(N)ncnc21)Cc1ccccc1. The summed E-state index contributed by atoms with van der Waals surface area (Å²) < 4.78 is 6.49. The van der Waals surface area contributed by atoms with E-state index in [1.165, 1.54) is 6.33 Å². The number of benzene rings is 1. The number of nitrogens with one attached hydrogen (secondary N) is 1. The predicted octanol–water partition coefficient (Wildman–Crippen LogP) is 0.388. The van der Waals surface area contributed by atoms with Crippen molar-refractivity contribution in [2.75, 3.05) is 19.5 Å². The number of nitrogen functional groups attached to an aromatic ring is 1.